The maximum absolute atomic E-state index is 12.5. The van der Waals surface area contributed by atoms with Gasteiger partial charge in [-0.3, -0.25) is 9.80 Å². The van der Waals surface area contributed by atoms with E-state index in [1.54, 1.807) is 38.1 Å². The summed E-state index contributed by atoms with van der Waals surface area (Å²) in [4.78, 5) is 37.9. The van der Waals surface area contributed by atoms with E-state index in [2.05, 4.69) is 0 Å². The number of benzene rings is 4. The molecule has 2 fully saturated rings. The molecule has 2 aliphatic heterocycles. The van der Waals surface area contributed by atoms with Crippen LogP contribution in [0.5, 0.6) is 5.75 Å². The zero-order chi connectivity index (χ0) is 33.9. The molecule has 1 unspecified atom stereocenters. The third kappa shape index (κ3) is 8.49. The van der Waals surface area contributed by atoms with E-state index >= 15 is 0 Å². The minimum Gasteiger partial charge on any atom is -0.489 e. The van der Waals surface area contributed by atoms with Gasteiger partial charge in [0.05, 0.1) is 6.04 Å². The number of aliphatic hydroxyl groups is 1. The number of nitrogens with zero attached hydrogens (tertiary/aromatic N) is 2. The first-order chi connectivity index (χ1) is 23.2. The number of hydrogen-bond donors (Lipinski definition) is 1. The number of carbonyl (C=O) groups excluding carboxylic acids is 3. The predicted octanol–water partition coefficient (Wildman–Crippen LogP) is 5.95. The number of carbonyl (C=O) groups is 3. The second-order valence-corrected chi connectivity index (χ2v) is 11.2. The van der Waals surface area contributed by atoms with Crippen molar-refractivity contribution in [1.29, 1.82) is 0 Å². The lowest BCUT2D eigenvalue weighted by atomic mass is 9.99. The molecule has 11 heteroatoms. The lowest BCUT2D eigenvalue weighted by Gasteiger charge is -2.28. The Morgan fingerprint density at radius 3 is 1.67 bits per heavy atom. The van der Waals surface area contributed by atoms with E-state index in [1.807, 2.05) is 91.0 Å². The van der Waals surface area contributed by atoms with E-state index < -0.39 is 36.0 Å². The van der Waals surface area contributed by atoms with Crippen LogP contribution in [0.25, 0.3) is 0 Å². The van der Waals surface area contributed by atoms with Gasteiger partial charge >= 0.3 is 18.2 Å². The molecule has 6 rings (SSSR count). The van der Waals surface area contributed by atoms with Crippen LogP contribution < -0.4 is 4.74 Å². The Labute approximate surface area is 279 Å². The van der Waals surface area contributed by atoms with Crippen molar-refractivity contribution in [2.45, 2.75) is 51.5 Å². The molecule has 11 nitrogen and oxygen atoms in total. The van der Waals surface area contributed by atoms with Gasteiger partial charge in [-0.25, -0.2) is 14.4 Å². The van der Waals surface area contributed by atoms with E-state index in [1.165, 1.54) is 9.80 Å². The van der Waals surface area contributed by atoms with Crippen molar-refractivity contribution < 1.29 is 43.2 Å². The first-order valence-corrected chi connectivity index (χ1v) is 15.5. The van der Waals surface area contributed by atoms with Gasteiger partial charge in [-0.15, -0.1) is 0 Å². The van der Waals surface area contributed by atoms with E-state index in [0.29, 0.717) is 17.9 Å². The van der Waals surface area contributed by atoms with Crippen molar-refractivity contribution >= 4 is 18.2 Å². The normalized spacial score (nSPS) is 19.9. The van der Waals surface area contributed by atoms with Gasteiger partial charge in [0, 0.05) is 5.56 Å². The summed E-state index contributed by atoms with van der Waals surface area (Å²) < 4.78 is 26.6. The molecule has 4 aromatic carbocycles. The van der Waals surface area contributed by atoms with E-state index in [0.717, 1.165) is 16.7 Å². The van der Waals surface area contributed by atoms with Crippen LogP contribution in [0.15, 0.2) is 115 Å². The van der Waals surface area contributed by atoms with Crippen molar-refractivity contribution in [3.8, 4) is 5.75 Å². The summed E-state index contributed by atoms with van der Waals surface area (Å²) in [6, 6.07) is 34.5. The summed E-state index contributed by atoms with van der Waals surface area (Å²) in [6.45, 7) is 4.06. The van der Waals surface area contributed by atoms with Crippen molar-refractivity contribution in [3.63, 3.8) is 0 Å². The van der Waals surface area contributed by atoms with Crippen LogP contribution in [0.2, 0.25) is 0 Å². The van der Waals surface area contributed by atoms with Gasteiger partial charge in [-0.1, -0.05) is 91.0 Å². The standard InChI is InChI=1S/C25H25NO5.C12H13NO4/c1-19-25(28,31-18-26(19)24(27)30-17-21-10-6-3-7-11-21)22-12-14-23(15-13-22)29-16-20-8-4-2-5-9-20;1-9-11(14)17-8-13(9)12(15)16-7-10-5-3-2-4-6-10/h2-15,19,28H,16-18H2,1H3;2-6,9H,7-8H2,1H3/t19-,25?;9-/m00/s1. The Balaban J connectivity index is 0.000000224. The lowest BCUT2D eigenvalue weighted by Crippen LogP contribution is -2.43. The summed E-state index contributed by atoms with van der Waals surface area (Å²) in [5, 5.41) is 11.1. The van der Waals surface area contributed by atoms with Crippen molar-refractivity contribution in [1.82, 2.24) is 9.80 Å². The van der Waals surface area contributed by atoms with Gasteiger partial charge in [0.15, 0.2) is 6.73 Å². The Hall–Kier alpha value is -5.39. The van der Waals surface area contributed by atoms with Gasteiger partial charge in [0.2, 0.25) is 5.79 Å². The number of esters is 1. The fourth-order valence-electron chi connectivity index (χ4n) is 4.99. The summed E-state index contributed by atoms with van der Waals surface area (Å²) in [5.41, 5.74) is 3.41. The van der Waals surface area contributed by atoms with E-state index in [9.17, 15) is 19.5 Å². The molecule has 0 radical (unpaired) electrons. The number of hydrogen-bond acceptors (Lipinski definition) is 9. The topological polar surface area (TPSA) is 124 Å². The molecule has 0 aliphatic carbocycles. The van der Waals surface area contributed by atoms with Crippen LogP contribution in [-0.4, -0.2) is 58.6 Å². The summed E-state index contributed by atoms with van der Waals surface area (Å²) in [6.07, 6.45) is -1.07. The molecule has 48 heavy (non-hydrogen) atoms. The molecular weight excluding hydrogens is 616 g/mol. The Morgan fingerprint density at radius 2 is 1.19 bits per heavy atom. The molecule has 2 aliphatic rings. The highest BCUT2D eigenvalue weighted by atomic mass is 16.7. The van der Waals surface area contributed by atoms with Crippen LogP contribution in [0, 0.1) is 0 Å². The zero-order valence-corrected chi connectivity index (χ0v) is 26.8. The summed E-state index contributed by atoms with van der Waals surface area (Å²) in [7, 11) is 0. The second kappa shape index (κ2) is 15.9. The molecule has 2 amide bonds. The minimum absolute atomic E-state index is 0.0341. The molecule has 0 saturated carbocycles. The van der Waals surface area contributed by atoms with Gasteiger partial charge in [-0.05, 0) is 54.8 Å². The molecule has 250 valence electrons. The highest BCUT2D eigenvalue weighted by Gasteiger charge is 2.49. The largest absolute Gasteiger partial charge is 0.489 e. The molecule has 1 N–H and O–H groups in total. The smallest absolute Gasteiger partial charge is 0.413 e. The van der Waals surface area contributed by atoms with Gasteiger partial charge in [-0.2, -0.15) is 0 Å². The molecule has 2 saturated heterocycles. The van der Waals surface area contributed by atoms with Crippen LogP contribution >= 0.6 is 0 Å². The maximum Gasteiger partial charge on any atom is 0.413 e. The third-order valence-corrected chi connectivity index (χ3v) is 8.01. The third-order valence-electron chi connectivity index (χ3n) is 8.01. The monoisotopic (exact) mass is 654 g/mol. The zero-order valence-electron chi connectivity index (χ0n) is 26.8. The highest BCUT2D eigenvalue weighted by molar-refractivity contribution is 5.83. The molecule has 0 bridgehead atoms. The van der Waals surface area contributed by atoms with Crippen molar-refractivity contribution in [2.24, 2.45) is 0 Å². The fourth-order valence-corrected chi connectivity index (χ4v) is 4.99. The summed E-state index contributed by atoms with van der Waals surface area (Å²) in [5.74, 6) is -1.34. The van der Waals surface area contributed by atoms with Crippen LogP contribution in [0.3, 0.4) is 0 Å². The molecule has 3 atom stereocenters. The number of rotatable bonds is 8. The number of ether oxygens (including phenoxy) is 5. The van der Waals surface area contributed by atoms with Crippen molar-refractivity contribution in [2.75, 3.05) is 13.5 Å². The van der Waals surface area contributed by atoms with Crippen LogP contribution in [-0.2, 0) is 49.3 Å². The maximum atomic E-state index is 12.5. The fraction of sp³-hybridized carbons (Fsp3) is 0.270. The second-order valence-electron chi connectivity index (χ2n) is 11.2. The van der Waals surface area contributed by atoms with Crippen LogP contribution in [0.1, 0.15) is 36.1 Å². The number of cyclic esters (lactones) is 1. The predicted molar refractivity (Wildman–Crippen MR) is 174 cm³/mol. The molecule has 0 aromatic heterocycles. The summed E-state index contributed by atoms with van der Waals surface area (Å²) >= 11 is 0. The van der Waals surface area contributed by atoms with Gasteiger partial charge < -0.3 is 28.8 Å². The SMILES string of the molecule is C[C@@H]1N(C(=O)OCc2ccccc2)COC1(O)c1ccc(OCc2ccccc2)cc1.C[C@H]1C(=O)OCN1C(=O)OCc1ccccc1. The lowest BCUT2D eigenvalue weighted by molar-refractivity contribution is -0.185. The number of amides is 2. The first kappa shape index (κ1) is 34.0. The molecular formula is C37H38N2O9. The quantitative estimate of drug-likeness (QED) is 0.181. The van der Waals surface area contributed by atoms with Gasteiger partial charge in [0.25, 0.3) is 0 Å². The average Bonchev–Trinajstić information content (AvgIpc) is 3.63. The minimum atomic E-state index is -1.62. The first-order valence-electron chi connectivity index (χ1n) is 15.5. The average molecular weight is 655 g/mol. The Kier molecular flexibility index (Phi) is 11.3. The highest BCUT2D eigenvalue weighted by Crippen LogP contribution is 2.36. The van der Waals surface area contributed by atoms with E-state index in [4.69, 9.17) is 23.7 Å². The van der Waals surface area contributed by atoms with Crippen molar-refractivity contribution in [3.05, 3.63) is 138 Å². The Morgan fingerprint density at radius 1 is 0.708 bits per heavy atom. The Bertz CT molecular complexity index is 1640. The van der Waals surface area contributed by atoms with Gasteiger partial charge in [0.1, 0.15) is 38.3 Å². The molecule has 2 heterocycles. The molecule has 0 spiro atoms. The van der Waals surface area contributed by atoms with E-state index in [-0.39, 0.29) is 26.7 Å². The molecule has 4 aromatic rings. The van der Waals surface area contributed by atoms with Crippen LogP contribution in [0.4, 0.5) is 9.59 Å².